The molecule has 0 saturated carbocycles. The molecular formula is C21H23NOS2. The summed E-state index contributed by atoms with van der Waals surface area (Å²) in [7, 11) is 0. The Labute approximate surface area is 158 Å². The number of carbonyl (C=O) groups is 1. The molecule has 3 aliphatic heterocycles. The van der Waals surface area contributed by atoms with Crippen LogP contribution in [0.3, 0.4) is 0 Å². The third-order valence-electron chi connectivity index (χ3n) is 5.96. The molecule has 1 saturated heterocycles. The first-order valence-electron chi connectivity index (χ1n) is 9.24. The number of hydrogen-bond acceptors (Lipinski definition) is 4. The lowest BCUT2D eigenvalue weighted by Gasteiger charge is -2.53. The van der Waals surface area contributed by atoms with Crippen LogP contribution in [0.25, 0.3) is 0 Å². The maximum Gasteiger partial charge on any atom is 0.166 e. The van der Waals surface area contributed by atoms with Gasteiger partial charge in [-0.1, -0.05) is 36.4 Å². The summed E-state index contributed by atoms with van der Waals surface area (Å²) in [5.74, 6) is 2.68. The number of benzene rings is 1. The van der Waals surface area contributed by atoms with E-state index >= 15 is 0 Å². The average molecular weight is 370 g/mol. The van der Waals surface area contributed by atoms with Crippen LogP contribution < -0.4 is 0 Å². The van der Waals surface area contributed by atoms with Crippen LogP contribution >= 0.6 is 23.5 Å². The molecule has 1 aliphatic carbocycles. The van der Waals surface area contributed by atoms with Crippen LogP contribution in [0.2, 0.25) is 0 Å². The predicted molar refractivity (Wildman–Crippen MR) is 107 cm³/mol. The quantitative estimate of drug-likeness (QED) is 0.616. The molecule has 1 aromatic rings. The van der Waals surface area contributed by atoms with Gasteiger partial charge in [-0.05, 0) is 35.5 Å². The molecule has 0 amide bonds. The van der Waals surface area contributed by atoms with Gasteiger partial charge >= 0.3 is 0 Å². The summed E-state index contributed by atoms with van der Waals surface area (Å²) in [5, 5.41) is 0. The summed E-state index contributed by atoms with van der Waals surface area (Å²) in [4.78, 5) is 15.6. The molecular weight excluding hydrogens is 346 g/mol. The van der Waals surface area contributed by atoms with Crippen molar-refractivity contribution < 1.29 is 4.79 Å². The molecule has 0 bridgehead atoms. The molecule has 0 aromatic heterocycles. The van der Waals surface area contributed by atoms with Crippen molar-refractivity contribution in [3.8, 4) is 0 Å². The van der Waals surface area contributed by atoms with Crippen molar-refractivity contribution in [3.63, 3.8) is 0 Å². The molecule has 25 heavy (non-hydrogen) atoms. The highest BCUT2D eigenvalue weighted by atomic mass is 32.2. The van der Waals surface area contributed by atoms with Gasteiger partial charge in [-0.2, -0.15) is 0 Å². The van der Waals surface area contributed by atoms with E-state index in [2.05, 4.69) is 35.7 Å². The van der Waals surface area contributed by atoms with Gasteiger partial charge in [-0.25, -0.2) is 0 Å². The van der Waals surface area contributed by atoms with E-state index in [0.717, 1.165) is 37.0 Å². The van der Waals surface area contributed by atoms with E-state index in [9.17, 15) is 4.79 Å². The number of fused-ring (bicyclic) bond motifs is 5. The zero-order valence-electron chi connectivity index (χ0n) is 14.4. The van der Waals surface area contributed by atoms with Crippen LogP contribution in [0, 0.1) is 0 Å². The molecule has 1 unspecified atom stereocenters. The number of nitrogens with zero attached hydrogens (tertiary/aromatic N) is 1. The lowest BCUT2D eigenvalue weighted by atomic mass is 9.78. The van der Waals surface area contributed by atoms with E-state index in [1.165, 1.54) is 34.8 Å². The Kier molecular flexibility index (Phi) is 3.83. The first-order chi connectivity index (χ1) is 12.2. The van der Waals surface area contributed by atoms with Gasteiger partial charge in [-0.3, -0.25) is 4.79 Å². The smallest absolute Gasteiger partial charge is 0.166 e. The first-order valence-corrected chi connectivity index (χ1v) is 11.2. The molecule has 1 aromatic carbocycles. The van der Waals surface area contributed by atoms with E-state index in [4.69, 9.17) is 0 Å². The summed E-state index contributed by atoms with van der Waals surface area (Å²) < 4.78 is -0.0308. The zero-order valence-corrected chi connectivity index (χ0v) is 16.1. The van der Waals surface area contributed by atoms with Gasteiger partial charge < -0.3 is 4.90 Å². The van der Waals surface area contributed by atoms with Gasteiger partial charge in [0.15, 0.2) is 5.78 Å². The maximum atomic E-state index is 13.1. The molecule has 1 spiro atoms. The van der Waals surface area contributed by atoms with Crippen molar-refractivity contribution in [2.75, 3.05) is 18.1 Å². The van der Waals surface area contributed by atoms with Crippen molar-refractivity contribution in [1.29, 1.82) is 0 Å². The minimum Gasteiger partial charge on any atom is -0.367 e. The summed E-state index contributed by atoms with van der Waals surface area (Å²) in [6.45, 7) is 5.21. The first kappa shape index (κ1) is 16.1. The highest BCUT2D eigenvalue weighted by Crippen LogP contribution is 2.60. The van der Waals surface area contributed by atoms with Gasteiger partial charge in [0.25, 0.3) is 0 Å². The Morgan fingerprint density at radius 3 is 2.80 bits per heavy atom. The Balaban J connectivity index is 1.68. The molecule has 1 fully saturated rings. The molecule has 0 N–H and O–H groups in total. The zero-order chi connectivity index (χ0) is 17.0. The highest BCUT2D eigenvalue weighted by Gasteiger charge is 2.51. The minimum absolute atomic E-state index is 0.0308. The summed E-state index contributed by atoms with van der Waals surface area (Å²) >= 11 is 4.07. The van der Waals surface area contributed by atoms with E-state index < -0.39 is 0 Å². The fraction of sp³-hybridized carbons (Fsp3) is 0.476. The summed E-state index contributed by atoms with van der Waals surface area (Å²) in [5.41, 5.74) is 6.51. The second-order valence-electron chi connectivity index (χ2n) is 7.51. The molecule has 3 heterocycles. The average Bonchev–Trinajstić information content (AvgIpc) is 2.62. The normalized spacial score (nSPS) is 27.8. The van der Waals surface area contributed by atoms with Crippen molar-refractivity contribution in [2.45, 2.75) is 42.2 Å². The molecule has 5 rings (SSSR count). The number of thioether (sulfide) groups is 2. The van der Waals surface area contributed by atoms with Crippen LogP contribution in [0.4, 0.5) is 0 Å². The van der Waals surface area contributed by atoms with E-state index in [0.29, 0.717) is 18.2 Å². The van der Waals surface area contributed by atoms with Crippen LogP contribution in [-0.2, 0) is 11.2 Å². The second-order valence-corrected chi connectivity index (χ2v) is 10.6. The minimum atomic E-state index is -0.0308. The number of Topliss-reactive ketones (excluding diaryl/α,β-unsaturated/α-hetero) is 1. The molecule has 2 nitrogen and oxygen atoms in total. The van der Waals surface area contributed by atoms with Gasteiger partial charge in [0.05, 0.1) is 10.1 Å². The van der Waals surface area contributed by atoms with E-state index in [-0.39, 0.29) is 4.08 Å². The Hall–Kier alpha value is -1.13. The lowest BCUT2D eigenvalue weighted by molar-refractivity contribution is -0.115. The number of allylic oxidation sites excluding steroid dienone is 1. The van der Waals surface area contributed by atoms with Crippen molar-refractivity contribution in [1.82, 2.24) is 4.90 Å². The number of hydrogen-bond donors (Lipinski definition) is 0. The van der Waals surface area contributed by atoms with Crippen LogP contribution in [-0.4, -0.2) is 32.8 Å². The Morgan fingerprint density at radius 2 is 1.96 bits per heavy atom. The van der Waals surface area contributed by atoms with Crippen LogP contribution in [0.15, 0.2) is 47.7 Å². The topological polar surface area (TPSA) is 20.3 Å². The number of rotatable bonds is 0. The standard InChI is InChI=1S/C21H23NOS2/c1-14-11-17-20(19(23)12-14)21(24-9-4-10-25-21)13-18-16-6-3-2-5-15(16)7-8-22(17)18/h2-3,5-6,18H,1,4,7-13H2. The summed E-state index contributed by atoms with van der Waals surface area (Å²) in [6, 6.07) is 9.34. The van der Waals surface area contributed by atoms with Gasteiger partial charge in [0.1, 0.15) is 0 Å². The molecule has 4 aliphatic rings. The van der Waals surface area contributed by atoms with Crippen LogP contribution in [0.1, 0.15) is 42.9 Å². The Morgan fingerprint density at radius 1 is 1.16 bits per heavy atom. The molecule has 130 valence electrons. The molecule has 4 heteroatoms. The van der Waals surface area contributed by atoms with E-state index in [1.807, 2.05) is 23.5 Å². The highest BCUT2D eigenvalue weighted by molar-refractivity contribution is 8.19. The van der Waals surface area contributed by atoms with Crippen LogP contribution in [0.5, 0.6) is 0 Å². The fourth-order valence-corrected chi connectivity index (χ4v) is 8.49. The maximum absolute atomic E-state index is 13.1. The van der Waals surface area contributed by atoms with E-state index in [1.54, 1.807) is 0 Å². The summed E-state index contributed by atoms with van der Waals surface area (Å²) in [6.07, 6.45) is 4.85. The fourth-order valence-electron chi connectivity index (χ4n) is 4.93. The van der Waals surface area contributed by atoms with Gasteiger partial charge in [0.2, 0.25) is 0 Å². The van der Waals surface area contributed by atoms with Crippen molar-refractivity contribution >= 4 is 29.3 Å². The second kappa shape index (κ2) is 5.95. The lowest BCUT2D eigenvalue weighted by Crippen LogP contribution is -2.49. The van der Waals surface area contributed by atoms with Crippen molar-refractivity contribution in [2.24, 2.45) is 0 Å². The third-order valence-corrected chi connectivity index (χ3v) is 9.32. The van der Waals surface area contributed by atoms with Gasteiger partial charge in [0, 0.05) is 37.1 Å². The number of carbonyl (C=O) groups excluding carboxylic acids is 1. The Bertz CT molecular complexity index is 791. The monoisotopic (exact) mass is 369 g/mol. The predicted octanol–water partition coefficient (Wildman–Crippen LogP) is 4.73. The van der Waals surface area contributed by atoms with Crippen molar-refractivity contribution in [3.05, 3.63) is 58.8 Å². The largest absolute Gasteiger partial charge is 0.367 e. The molecule has 0 radical (unpaired) electrons. The third kappa shape index (κ3) is 2.44. The SMILES string of the molecule is C=C1CC(=O)C2=C(C1)N1CCc3ccccc3C1CC21SCCCS1. The number of ketones is 1. The molecule has 1 atom stereocenters. The van der Waals surface area contributed by atoms with Gasteiger partial charge in [-0.15, -0.1) is 23.5 Å².